The summed E-state index contributed by atoms with van der Waals surface area (Å²) in [5, 5.41) is 0. The molecule has 1 aliphatic heterocycles. The summed E-state index contributed by atoms with van der Waals surface area (Å²) in [6, 6.07) is 5.02. The van der Waals surface area contributed by atoms with Crippen molar-refractivity contribution in [2.24, 2.45) is 0 Å². The van der Waals surface area contributed by atoms with Crippen molar-refractivity contribution < 1.29 is 9.13 Å². The summed E-state index contributed by atoms with van der Waals surface area (Å²) in [4.78, 5) is 2.15. The minimum atomic E-state index is -0.206. The highest BCUT2D eigenvalue weighted by atomic mass is 19.1. The van der Waals surface area contributed by atoms with E-state index < -0.39 is 0 Å². The van der Waals surface area contributed by atoms with Crippen molar-refractivity contribution in [3.63, 3.8) is 0 Å². The molecule has 2 rings (SSSR count). The van der Waals surface area contributed by atoms with Crippen LogP contribution in [-0.2, 0) is 11.3 Å². The second-order valence-electron chi connectivity index (χ2n) is 3.64. The van der Waals surface area contributed by atoms with Gasteiger partial charge in [-0.05, 0) is 30.2 Å². The number of halogens is 1. The van der Waals surface area contributed by atoms with E-state index in [-0.39, 0.29) is 5.82 Å². The fraction of sp³-hybridized carbons (Fsp3) is 0.333. The summed E-state index contributed by atoms with van der Waals surface area (Å²) in [5.74, 6) is -0.206. The average Bonchev–Trinajstić information content (AvgIpc) is 2.11. The van der Waals surface area contributed by atoms with E-state index in [0.717, 1.165) is 24.3 Å². The van der Waals surface area contributed by atoms with Crippen LogP contribution in [0, 0.1) is 5.82 Å². The van der Waals surface area contributed by atoms with Gasteiger partial charge in [-0.3, -0.25) is 0 Å². The first-order chi connectivity index (χ1) is 7.29. The number of hydrogen-bond acceptors (Lipinski definition) is 2. The van der Waals surface area contributed by atoms with Crippen LogP contribution in [0.2, 0.25) is 0 Å². The standard InChI is InChI=1S/C12H14FNO/c1-2-15-9-10-6-11(13)8-12(7-10)14-4-3-5-14/h2,6-8H,1,3-5,9H2. The molecule has 0 aromatic heterocycles. The summed E-state index contributed by atoms with van der Waals surface area (Å²) >= 11 is 0. The zero-order valence-corrected chi connectivity index (χ0v) is 8.58. The van der Waals surface area contributed by atoms with E-state index in [1.54, 1.807) is 6.07 Å². The van der Waals surface area contributed by atoms with Gasteiger partial charge in [0.25, 0.3) is 0 Å². The number of anilines is 1. The van der Waals surface area contributed by atoms with Gasteiger partial charge in [0.15, 0.2) is 0 Å². The summed E-state index contributed by atoms with van der Waals surface area (Å²) < 4.78 is 18.3. The Bertz CT molecular complexity index is 361. The van der Waals surface area contributed by atoms with Crippen molar-refractivity contribution in [2.45, 2.75) is 13.0 Å². The van der Waals surface area contributed by atoms with Gasteiger partial charge in [-0.15, -0.1) is 0 Å². The maximum Gasteiger partial charge on any atom is 0.125 e. The zero-order valence-electron chi connectivity index (χ0n) is 8.58. The Hall–Kier alpha value is -1.51. The minimum absolute atomic E-state index is 0.206. The summed E-state index contributed by atoms with van der Waals surface area (Å²) in [7, 11) is 0. The molecule has 15 heavy (non-hydrogen) atoms. The largest absolute Gasteiger partial charge is 0.497 e. The van der Waals surface area contributed by atoms with Crippen LogP contribution in [0.5, 0.6) is 0 Å². The van der Waals surface area contributed by atoms with E-state index in [0.29, 0.717) is 6.61 Å². The quantitative estimate of drug-likeness (QED) is 0.704. The molecule has 1 saturated heterocycles. The lowest BCUT2D eigenvalue weighted by Crippen LogP contribution is -2.37. The molecule has 2 nitrogen and oxygen atoms in total. The minimum Gasteiger partial charge on any atom is -0.497 e. The predicted molar refractivity (Wildman–Crippen MR) is 58.2 cm³/mol. The highest BCUT2D eigenvalue weighted by molar-refractivity contribution is 5.50. The van der Waals surface area contributed by atoms with Gasteiger partial charge in [-0.2, -0.15) is 0 Å². The second-order valence-corrected chi connectivity index (χ2v) is 3.64. The first-order valence-corrected chi connectivity index (χ1v) is 5.06. The van der Waals surface area contributed by atoms with Gasteiger partial charge in [0.2, 0.25) is 0 Å². The Labute approximate surface area is 89.0 Å². The van der Waals surface area contributed by atoms with E-state index in [1.807, 2.05) is 6.07 Å². The molecule has 0 spiro atoms. The van der Waals surface area contributed by atoms with Crippen molar-refractivity contribution in [1.29, 1.82) is 0 Å². The Morgan fingerprint density at radius 1 is 1.40 bits per heavy atom. The predicted octanol–water partition coefficient (Wildman–Crippen LogP) is 2.70. The third kappa shape index (κ3) is 2.29. The topological polar surface area (TPSA) is 12.5 Å². The number of hydrogen-bond donors (Lipinski definition) is 0. The maximum atomic E-state index is 13.3. The smallest absolute Gasteiger partial charge is 0.125 e. The summed E-state index contributed by atoms with van der Waals surface area (Å²) in [6.45, 7) is 5.87. The summed E-state index contributed by atoms with van der Waals surface area (Å²) in [5.41, 5.74) is 1.79. The van der Waals surface area contributed by atoms with Crippen molar-refractivity contribution in [3.05, 3.63) is 42.4 Å². The molecule has 0 aliphatic carbocycles. The lowest BCUT2D eigenvalue weighted by molar-refractivity contribution is 0.237. The van der Waals surface area contributed by atoms with Crippen LogP contribution in [-0.4, -0.2) is 13.1 Å². The van der Waals surface area contributed by atoms with Gasteiger partial charge < -0.3 is 9.64 Å². The monoisotopic (exact) mass is 207 g/mol. The normalized spacial score (nSPS) is 14.6. The number of nitrogens with zero attached hydrogens (tertiary/aromatic N) is 1. The average molecular weight is 207 g/mol. The molecule has 0 unspecified atom stereocenters. The molecule has 0 atom stereocenters. The van der Waals surface area contributed by atoms with Gasteiger partial charge in [-0.1, -0.05) is 6.58 Å². The molecule has 3 heteroatoms. The van der Waals surface area contributed by atoms with Gasteiger partial charge in [0.1, 0.15) is 12.4 Å². The van der Waals surface area contributed by atoms with Crippen LogP contribution in [0.4, 0.5) is 10.1 Å². The van der Waals surface area contributed by atoms with E-state index in [2.05, 4.69) is 11.5 Å². The molecular weight excluding hydrogens is 193 g/mol. The molecule has 1 aliphatic rings. The van der Waals surface area contributed by atoms with Gasteiger partial charge in [-0.25, -0.2) is 4.39 Å². The van der Waals surface area contributed by atoms with Crippen molar-refractivity contribution >= 4 is 5.69 Å². The number of rotatable bonds is 4. The molecule has 0 saturated carbocycles. The van der Waals surface area contributed by atoms with E-state index in [9.17, 15) is 4.39 Å². The van der Waals surface area contributed by atoms with Gasteiger partial charge >= 0.3 is 0 Å². The zero-order chi connectivity index (χ0) is 10.7. The molecule has 0 N–H and O–H groups in total. The molecule has 0 radical (unpaired) electrons. The molecular formula is C12H14FNO. The third-order valence-electron chi connectivity index (χ3n) is 2.53. The molecule has 1 fully saturated rings. The highest BCUT2D eigenvalue weighted by Crippen LogP contribution is 2.23. The van der Waals surface area contributed by atoms with E-state index >= 15 is 0 Å². The second kappa shape index (κ2) is 4.34. The van der Waals surface area contributed by atoms with Gasteiger partial charge in [0, 0.05) is 18.8 Å². The molecule has 1 heterocycles. The van der Waals surface area contributed by atoms with E-state index in [1.165, 1.54) is 18.7 Å². The van der Waals surface area contributed by atoms with Gasteiger partial charge in [0.05, 0.1) is 6.26 Å². The maximum absolute atomic E-state index is 13.3. The van der Waals surface area contributed by atoms with Crippen LogP contribution in [0.3, 0.4) is 0 Å². The van der Waals surface area contributed by atoms with Crippen LogP contribution in [0.15, 0.2) is 31.0 Å². The molecule has 0 amide bonds. The Kier molecular flexibility index (Phi) is 2.90. The number of ether oxygens (including phenoxy) is 1. The Balaban J connectivity index is 2.15. The first-order valence-electron chi connectivity index (χ1n) is 5.06. The van der Waals surface area contributed by atoms with Crippen molar-refractivity contribution in [1.82, 2.24) is 0 Å². The third-order valence-corrected chi connectivity index (χ3v) is 2.53. The molecule has 1 aromatic carbocycles. The first kappa shape index (κ1) is 10.0. The Morgan fingerprint density at radius 3 is 2.80 bits per heavy atom. The SMILES string of the molecule is C=COCc1cc(F)cc(N2CCC2)c1. The Morgan fingerprint density at radius 2 is 2.20 bits per heavy atom. The summed E-state index contributed by atoms with van der Waals surface area (Å²) in [6.07, 6.45) is 2.56. The molecule has 80 valence electrons. The molecule has 0 bridgehead atoms. The van der Waals surface area contributed by atoms with Crippen LogP contribution in [0.25, 0.3) is 0 Å². The van der Waals surface area contributed by atoms with E-state index in [4.69, 9.17) is 4.74 Å². The fourth-order valence-corrected chi connectivity index (χ4v) is 1.63. The number of benzene rings is 1. The van der Waals surface area contributed by atoms with Crippen molar-refractivity contribution in [3.8, 4) is 0 Å². The highest BCUT2D eigenvalue weighted by Gasteiger charge is 2.15. The van der Waals surface area contributed by atoms with Crippen molar-refractivity contribution in [2.75, 3.05) is 18.0 Å². The van der Waals surface area contributed by atoms with Crippen LogP contribution >= 0.6 is 0 Å². The lowest BCUT2D eigenvalue weighted by atomic mass is 10.1. The molecule has 1 aromatic rings. The fourth-order valence-electron chi connectivity index (χ4n) is 1.63. The van der Waals surface area contributed by atoms with Crippen LogP contribution < -0.4 is 4.90 Å². The lowest BCUT2D eigenvalue weighted by Gasteiger charge is -2.33. The van der Waals surface area contributed by atoms with Crippen LogP contribution in [0.1, 0.15) is 12.0 Å².